The summed E-state index contributed by atoms with van der Waals surface area (Å²) in [6, 6.07) is 0. The van der Waals surface area contributed by atoms with Gasteiger partial charge in [-0.15, -0.1) is 0 Å². The average molecular weight is 320 g/mol. The maximum absolute atomic E-state index is 5.41. The minimum absolute atomic E-state index is 0.720. The predicted molar refractivity (Wildman–Crippen MR) is 94.7 cm³/mol. The Balaban J connectivity index is 1.73. The molecule has 0 spiro atoms. The first-order chi connectivity index (χ1) is 11.3. The molecular weight excluding hydrogens is 288 g/mol. The monoisotopic (exact) mass is 320 g/mol. The van der Waals surface area contributed by atoms with Gasteiger partial charge < -0.3 is 15.2 Å². The second-order valence-corrected chi connectivity index (χ2v) is 6.38. The predicted octanol–water partition coefficient (Wildman–Crippen LogP) is 3.43. The van der Waals surface area contributed by atoms with Crippen molar-refractivity contribution in [1.29, 1.82) is 0 Å². The number of aromatic nitrogens is 1. The van der Waals surface area contributed by atoms with E-state index in [-0.39, 0.29) is 0 Å². The van der Waals surface area contributed by atoms with Gasteiger partial charge in [0.05, 0.1) is 5.69 Å². The van der Waals surface area contributed by atoms with E-state index in [1.54, 1.807) is 0 Å². The smallest absolute Gasteiger partial charge is 0.191 e. The van der Waals surface area contributed by atoms with Gasteiger partial charge in [0, 0.05) is 32.1 Å². The largest absolute Gasteiger partial charge is 0.361 e. The van der Waals surface area contributed by atoms with Gasteiger partial charge in [-0.05, 0) is 25.2 Å². The van der Waals surface area contributed by atoms with Gasteiger partial charge in [0.25, 0.3) is 0 Å². The van der Waals surface area contributed by atoms with E-state index in [9.17, 15) is 0 Å². The van der Waals surface area contributed by atoms with Crippen molar-refractivity contribution in [1.82, 2.24) is 15.8 Å². The summed E-state index contributed by atoms with van der Waals surface area (Å²) in [4.78, 5) is 4.31. The third kappa shape index (κ3) is 5.26. The molecule has 1 aliphatic carbocycles. The molecule has 0 atom stereocenters. The van der Waals surface area contributed by atoms with Crippen LogP contribution < -0.4 is 10.6 Å². The van der Waals surface area contributed by atoms with E-state index in [0.717, 1.165) is 49.3 Å². The fourth-order valence-electron chi connectivity index (χ4n) is 3.43. The highest BCUT2D eigenvalue weighted by Crippen LogP contribution is 2.28. The first-order valence-electron chi connectivity index (χ1n) is 9.19. The SMILES string of the molecule is CCc1noc(CC)c1CNC(=NC)NCCCC1CCCC1. The summed E-state index contributed by atoms with van der Waals surface area (Å²) in [5, 5.41) is 11.0. The van der Waals surface area contributed by atoms with Gasteiger partial charge in [0.1, 0.15) is 5.76 Å². The number of aryl methyl sites for hydroxylation is 2. The maximum Gasteiger partial charge on any atom is 0.191 e. The Kier molecular flexibility index (Phi) is 7.43. The van der Waals surface area contributed by atoms with Crippen molar-refractivity contribution in [2.75, 3.05) is 13.6 Å². The summed E-state index contributed by atoms with van der Waals surface area (Å²) in [6.45, 7) is 5.91. The number of aliphatic imine (C=N–C) groups is 1. The molecule has 23 heavy (non-hydrogen) atoms. The number of hydrogen-bond donors (Lipinski definition) is 2. The molecule has 5 nitrogen and oxygen atoms in total. The van der Waals surface area contributed by atoms with Crippen molar-refractivity contribution in [3.05, 3.63) is 17.0 Å². The molecule has 2 N–H and O–H groups in total. The third-order valence-electron chi connectivity index (χ3n) is 4.82. The van der Waals surface area contributed by atoms with Crippen molar-refractivity contribution < 1.29 is 4.52 Å². The molecule has 1 fully saturated rings. The molecule has 0 saturated heterocycles. The van der Waals surface area contributed by atoms with Crippen molar-refractivity contribution in [3.63, 3.8) is 0 Å². The summed E-state index contributed by atoms with van der Waals surface area (Å²) in [5.41, 5.74) is 2.23. The van der Waals surface area contributed by atoms with E-state index in [1.807, 2.05) is 7.05 Å². The van der Waals surface area contributed by atoms with Gasteiger partial charge in [0.15, 0.2) is 5.96 Å². The lowest BCUT2D eigenvalue weighted by Crippen LogP contribution is -2.37. The van der Waals surface area contributed by atoms with Crippen molar-refractivity contribution >= 4 is 5.96 Å². The Hall–Kier alpha value is -1.52. The van der Waals surface area contributed by atoms with Crippen LogP contribution in [-0.4, -0.2) is 24.7 Å². The van der Waals surface area contributed by atoms with Crippen LogP contribution in [0.3, 0.4) is 0 Å². The zero-order chi connectivity index (χ0) is 16.5. The quantitative estimate of drug-likeness (QED) is 0.437. The lowest BCUT2D eigenvalue weighted by Gasteiger charge is -2.13. The van der Waals surface area contributed by atoms with Gasteiger partial charge in [-0.3, -0.25) is 4.99 Å². The van der Waals surface area contributed by atoms with Crippen LogP contribution in [-0.2, 0) is 19.4 Å². The highest BCUT2D eigenvalue weighted by molar-refractivity contribution is 5.79. The second-order valence-electron chi connectivity index (χ2n) is 6.38. The Labute approximate surface area is 140 Å². The molecule has 0 bridgehead atoms. The van der Waals surface area contributed by atoms with Crippen LogP contribution in [0.2, 0.25) is 0 Å². The molecule has 0 radical (unpaired) electrons. The highest BCUT2D eigenvalue weighted by Gasteiger charge is 2.15. The molecule has 1 aliphatic rings. The molecule has 0 unspecified atom stereocenters. The molecule has 1 heterocycles. The standard InChI is InChI=1S/C18H32N4O/c1-4-16-15(17(5-2)23-22-16)13-21-18(19-3)20-12-8-11-14-9-6-7-10-14/h14H,4-13H2,1-3H3,(H2,19,20,21). The normalized spacial score (nSPS) is 16.0. The fourth-order valence-corrected chi connectivity index (χ4v) is 3.43. The van der Waals surface area contributed by atoms with E-state index < -0.39 is 0 Å². The summed E-state index contributed by atoms with van der Waals surface area (Å²) in [5.74, 6) is 2.80. The summed E-state index contributed by atoms with van der Waals surface area (Å²) < 4.78 is 5.41. The van der Waals surface area contributed by atoms with Crippen LogP contribution in [0.4, 0.5) is 0 Å². The first kappa shape index (κ1) is 17.8. The van der Waals surface area contributed by atoms with Gasteiger partial charge >= 0.3 is 0 Å². The van der Waals surface area contributed by atoms with Crippen molar-refractivity contribution in [2.24, 2.45) is 10.9 Å². The Bertz CT molecular complexity index is 468. The molecule has 0 aliphatic heterocycles. The lowest BCUT2D eigenvalue weighted by atomic mass is 10.0. The first-order valence-corrected chi connectivity index (χ1v) is 9.19. The molecule has 5 heteroatoms. The van der Waals surface area contributed by atoms with Crippen molar-refractivity contribution in [2.45, 2.75) is 71.8 Å². The lowest BCUT2D eigenvalue weighted by molar-refractivity contribution is 0.380. The molecule has 2 rings (SSSR count). The molecule has 1 aromatic rings. The number of nitrogens with zero attached hydrogens (tertiary/aromatic N) is 2. The zero-order valence-electron chi connectivity index (χ0n) is 15.0. The molecule has 0 amide bonds. The summed E-state index contributed by atoms with van der Waals surface area (Å²) in [7, 11) is 1.82. The molecule has 0 aromatic carbocycles. The Morgan fingerprint density at radius 1 is 1.22 bits per heavy atom. The zero-order valence-corrected chi connectivity index (χ0v) is 15.0. The van der Waals surface area contributed by atoms with Gasteiger partial charge in [-0.1, -0.05) is 44.7 Å². The molecular formula is C18H32N4O. The van der Waals surface area contributed by atoms with E-state index >= 15 is 0 Å². The van der Waals surface area contributed by atoms with Crippen LogP contribution in [0, 0.1) is 5.92 Å². The second kappa shape index (κ2) is 9.58. The molecule has 1 aromatic heterocycles. The third-order valence-corrected chi connectivity index (χ3v) is 4.82. The van der Waals surface area contributed by atoms with Crippen LogP contribution >= 0.6 is 0 Å². The van der Waals surface area contributed by atoms with Gasteiger partial charge in [0.2, 0.25) is 0 Å². The number of guanidine groups is 1. The van der Waals surface area contributed by atoms with Gasteiger partial charge in [-0.2, -0.15) is 0 Å². The molecule has 130 valence electrons. The van der Waals surface area contributed by atoms with E-state index in [1.165, 1.54) is 44.1 Å². The number of nitrogens with one attached hydrogen (secondary N) is 2. The number of rotatable bonds is 8. The Morgan fingerprint density at radius 2 is 2.00 bits per heavy atom. The average Bonchev–Trinajstić information content (AvgIpc) is 3.23. The van der Waals surface area contributed by atoms with E-state index in [2.05, 4.69) is 34.6 Å². The summed E-state index contributed by atoms with van der Waals surface area (Å²) >= 11 is 0. The minimum Gasteiger partial charge on any atom is -0.361 e. The molecule has 1 saturated carbocycles. The Morgan fingerprint density at radius 3 is 2.65 bits per heavy atom. The van der Waals surface area contributed by atoms with Crippen LogP contribution in [0.5, 0.6) is 0 Å². The van der Waals surface area contributed by atoms with Crippen LogP contribution in [0.25, 0.3) is 0 Å². The van der Waals surface area contributed by atoms with E-state index in [4.69, 9.17) is 4.52 Å². The van der Waals surface area contributed by atoms with Crippen LogP contribution in [0.15, 0.2) is 9.52 Å². The number of hydrogen-bond acceptors (Lipinski definition) is 3. The summed E-state index contributed by atoms with van der Waals surface area (Å²) in [6.07, 6.45) is 10.1. The minimum atomic E-state index is 0.720. The van der Waals surface area contributed by atoms with Gasteiger partial charge in [-0.25, -0.2) is 0 Å². The van der Waals surface area contributed by atoms with Crippen LogP contribution in [0.1, 0.15) is 69.4 Å². The highest BCUT2D eigenvalue weighted by atomic mass is 16.5. The van der Waals surface area contributed by atoms with E-state index in [0.29, 0.717) is 0 Å². The van der Waals surface area contributed by atoms with Crippen molar-refractivity contribution in [3.8, 4) is 0 Å². The topological polar surface area (TPSA) is 62.5 Å². The maximum atomic E-state index is 5.41. The fraction of sp³-hybridized carbons (Fsp3) is 0.778.